The number of hydrogen-bond acceptors (Lipinski definition) is 0. The van der Waals surface area contributed by atoms with Gasteiger partial charge in [-0.15, -0.1) is 0 Å². The van der Waals surface area contributed by atoms with Crippen molar-refractivity contribution in [3.63, 3.8) is 0 Å². The minimum Gasteiger partial charge on any atom is -0.0654 e. The second kappa shape index (κ2) is 6.24. The molecule has 0 heterocycles. The van der Waals surface area contributed by atoms with E-state index in [1.807, 2.05) is 0 Å². The number of hydrogen-bond donors (Lipinski definition) is 0. The van der Waals surface area contributed by atoms with Crippen LogP contribution in [0.3, 0.4) is 0 Å². The van der Waals surface area contributed by atoms with Crippen molar-refractivity contribution >= 4 is 21.5 Å². The fourth-order valence-corrected chi connectivity index (χ4v) is 4.97. The summed E-state index contributed by atoms with van der Waals surface area (Å²) >= 11 is 0. The minimum absolute atomic E-state index is 0.420. The van der Waals surface area contributed by atoms with Crippen molar-refractivity contribution in [1.82, 2.24) is 0 Å². The van der Waals surface area contributed by atoms with E-state index in [0.29, 0.717) is 5.41 Å². The van der Waals surface area contributed by atoms with E-state index in [0.717, 1.165) is 0 Å². The topological polar surface area (TPSA) is 0 Å². The Hall–Kier alpha value is -1.82. The van der Waals surface area contributed by atoms with Crippen LogP contribution < -0.4 is 0 Å². The monoisotopic (exact) mass is 316 g/mol. The molecule has 0 heteroatoms. The summed E-state index contributed by atoms with van der Waals surface area (Å²) in [7, 11) is 0. The number of aryl methyl sites for hydroxylation is 1. The summed E-state index contributed by atoms with van der Waals surface area (Å²) in [5.41, 5.74) is 3.72. The second-order valence-electron chi connectivity index (χ2n) is 7.56. The molecule has 0 bridgehead atoms. The van der Waals surface area contributed by atoms with E-state index in [2.05, 4.69) is 62.4 Å². The van der Waals surface area contributed by atoms with Gasteiger partial charge in [-0.2, -0.15) is 0 Å². The lowest BCUT2D eigenvalue weighted by Gasteiger charge is -2.39. The van der Waals surface area contributed by atoms with E-state index in [-0.39, 0.29) is 0 Å². The van der Waals surface area contributed by atoms with Crippen LogP contribution in [-0.4, -0.2) is 0 Å². The predicted octanol–water partition coefficient (Wildman–Crippen LogP) is 7.17. The summed E-state index contributed by atoms with van der Waals surface area (Å²) in [5, 5.41) is 5.70. The summed E-state index contributed by atoms with van der Waals surface area (Å²) in [4.78, 5) is 0. The fourth-order valence-electron chi connectivity index (χ4n) is 4.97. The Morgan fingerprint density at radius 3 is 2.54 bits per heavy atom. The summed E-state index contributed by atoms with van der Waals surface area (Å²) in [6, 6.07) is 18.4. The van der Waals surface area contributed by atoms with Crippen molar-refractivity contribution in [2.24, 2.45) is 0 Å². The molecule has 124 valence electrons. The Morgan fingerprint density at radius 2 is 1.71 bits per heavy atom. The van der Waals surface area contributed by atoms with Gasteiger partial charge in [-0.05, 0) is 70.2 Å². The summed E-state index contributed by atoms with van der Waals surface area (Å²) < 4.78 is 0. The van der Waals surface area contributed by atoms with Crippen LogP contribution in [0.25, 0.3) is 21.5 Å². The fraction of sp³-hybridized carbons (Fsp3) is 0.417. The largest absolute Gasteiger partial charge is 0.0654 e. The van der Waals surface area contributed by atoms with Gasteiger partial charge in [0.2, 0.25) is 0 Å². The highest BCUT2D eigenvalue weighted by Crippen LogP contribution is 2.46. The van der Waals surface area contributed by atoms with Gasteiger partial charge in [0.25, 0.3) is 0 Å². The molecular weight excluding hydrogens is 288 g/mol. The van der Waals surface area contributed by atoms with Crippen LogP contribution in [0, 0.1) is 0 Å². The smallest absolute Gasteiger partial charge is 0.00465 e. The van der Waals surface area contributed by atoms with E-state index in [4.69, 9.17) is 0 Å². The van der Waals surface area contributed by atoms with E-state index < -0.39 is 0 Å². The molecule has 0 nitrogen and oxygen atoms in total. The molecule has 0 fully saturated rings. The van der Waals surface area contributed by atoms with E-state index in [1.54, 1.807) is 11.1 Å². The first-order chi connectivity index (χ1) is 11.8. The Morgan fingerprint density at radius 1 is 0.875 bits per heavy atom. The molecule has 0 amide bonds. The van der Waals surface area contributed by atoms with Crippen molar-refractivity contribution in [3.05, 3.63) is 59.7 Å². The minimum atomic E-state index is 0.420. The lowest BCUT2D eigenvalue weighted by Crippen LogP contribution is -2.30. The van der Waals surface area contributed by atoms with Crippen molar-refractivity contribution < 1.29 is 0 Å². The summed E-state index contributed by atoms with van der Waals surface area (Å²) in [6.07, 6.45) is 9.24. The molecule has 3 aromatic carbocycles. The first-order valence-electron chi connectivity index (χ1n) is 9.73. The van der Waals surface area contributed by atoms with Crippen LogP contribution in [-0.2, 0) is 11.8 Å². The Bertz CT molecular complexity index is 874. The third-order valence-electron chi connectivity index (χ3n) is 6.38. The second-order valence-corrected chi connectivity index (χ2v) is 7.56. The Balaban J connectivity index is 1.95. The first kappa shape index (κ1) is 15.7. The molecule has 0 saturated carbocycles. The maximum absolute atomic E-state index is 2.47. The van der Waals surface area contributed by atoms with Gasteiger partial charge in [0.15, 0.2) is 0 Å². The highest BCUT2D eigenvalue weighted by Gasteiger charge is 2.34. The van der Waals surface area contributed by atoms with Gasteiger partial charge in [0.1, 0.15) is 0 Å². The van der Waals surface area contributed by atoms with Crippen molar-refractivity contribution in [2.45, 2.75) is 64.2 Å². The molecule has 0 aromatic heterocycles. The molecule has 0 radical (unpaired) electrons. The number of rotatable bonds is 4. The molecule has 0 aliphatic heterocycles. The van der Waals surface area contributed by atoms with E-state index in [9.17, 15) is 0 Å². The molecule has 0 N–H and O–H groups in total. The van der Waals surface area contributed by atoms with Gasteiger partial charge in [-0.1, -0.05) is 75.2 Å². The molecule has 1 unspecified atom stereocenters. The van der Waals surface area contributed by atoms with Crippen LogP contribution in [0.2, 0.25) is 0 Å². The van der Waals surface area contributed by atoms with Crippen LogP contribution in [0.4, 0.5) is 0 Å². The molecule has 3 aromatic rings. The summed E-state index contributed by atoms with van der Waals surface area (Å²) in [5.74, 6) is 0. The Labute approximate surface area is 145 Å². The third-order valence-corrected chi connectivity index (χ3v) is 6.38. The van der Waals surface area contributed by atoms with Gasteiger partial charge in [0, 0.05) is 0 Å². The van der Waals surface area contributed by atoms with Crippen molar-refractivity contribution in [3.8, 4) is 0 Å². The number of unbranched alkanes of at least 4 members (excludes halogenated alkanes) is 1. The molecule has 0 saturated heterocycles. The van der Waals surface area contributed by atoms with E-state index >= 15 is 0 Å². The Kier molecular flexibility index (Phi) is 4.08. The lowest BCUT2D eigenvalue weighted by atomic mass is 9.65. The van der Waals surface area contributed by atoms with Crippen molar-refractivity contribution in [2.75, 3.05) is 0 Å². The molecule has 4 rings (SSSR count). The van der Waals surface area contributed by atoms with Gasteiger partial charge >= 0.3 is 0 Å². The molecule has 1 aliphatic rings. The normalized spacial score (nSPS) is 20.4. The van der Waals surface area contributed by atoms with Crippen molar-refractivity contribution in [1.29, 1.82) is 0 Å². The molecule has 0 spiro atoms. The molecule has 24 heavy (non-hydrogen) atoms. The highest BCUT2D eigenvalue weighted by molar-refractivity contribution is 6.08. The standard InChI is InChI=1S/C24H28/c1-3-5-16-24(4-2)17-8-11-22-21-13-12-18-9-6-7-10-19(18)20(21)14-15-23(22)24/h6-7,9-10,12-15H,3-5,8,11,16-17H2,1-2H3. The van der Waals surface area contributed by atoms with Crippen LogP contribution in [0.5, 0.6) is 0 Å². The van der Waals surface area contributed by atoms with E-state index in [1.165, 1.54) is 66.5 Å². The van der Waals surface area contributed by atoms with Gasteiger partial charge in [-0.3, -0.25) is 0 Å². The predicted molar refractivity (Wildman–Crippen MR) is 106 cm³/mol. The highest BCUT2D eigenvalue weighted by atomic mass is 14.4. The summed E-state index contributed by atoms with van der Waals surface area (Å²) in [6.45, 7) is 4.72. The maximum Gasteiger partial charge on any atom is -0.00465 e. The maximum atomic E-state index is 2.47. The zero-order valence-electron chi connectivity index (χ0n) is 15.1. The lowest BCUT2D eigenvalue weighted by molar-refractivity contribution is 0.314. The van der Waals surface area contributed by atoms with Gasteiger partial charge in [-0.25, -0.2) is 0 Å². The first-order valence-corrected chi connectivity index (χ1v) is 9.73. The molecular formula is C24H28. The third kappa shape index (κ3) is 2.35. The number of benzene rings is 3. The van der Waals surface area contributed by atoms with Crippen LogP contribution >= 0.6 is 0 Å². The zero-order valence-corrected chi connectivity index (χ0v) is 15.1. The van der Waals surface area contributed by atoms with Crippen LogP contribution in [0.1, 0.15) is 63.5 Å². The van der Waals surface area contributed by atoms with Gasteiger partial charge in [0.05, 0.1) is 0 Å². The molecule has 1 aliphatic carbocycles. The average Bonchev–Trinajstić information content (AvgIpc) is 2.65. The zero-order chi connectivity index (χ0) is 16.6. The number of fused-ring (bicyclic) bond motifs is 5. The molecule has 1 atom stereocenters. The average molecular weight is 316 g/mol. The quantitative estimate of drug-likeness (QED) is 0.448. The SMILES string of the molecule is CCCCC1(CC)CCCc2c1ccc1c2ccc2ccccc21. The van der Waals surface area contributed by atoms with Crippen LogP contribution in [0.15, 0.2) is 48.5 Å². The van der Waals surface area contributed by atoms with Gasteiger partial charge < -0.3 is 0 Å².